The fourth-order valence-corrected chi connectivity index (χ4v) is 5.10. The van der Waals surface area contributed by atoms with Crippen molar-refractivity contribution >= 4 is 54.9 Å². The number of rotatable bonds is 2. The Morgan fingerprint density at radius 1 is 0.600 bits per heavy atom. The van der Waals surface area contributed by atoms with Crippen molar-refractivity contribution in [3.8, 4) is 0 Å². The van der Waals surface area contributed by atoms with E-state index in [1.807, 2.05) is 0 Å². The van der Waals surface area contributed by atoms with E-state index in [1.54, 1.807) is 66.7 Å². The van der Waals surface area contributed by atoms with E-state index in [1.165, 1.54) is 6.07 Å². The Balaban J connectivity index is 1.60. The number of hydrogen-bond acceptors (Lipinski definition) is 6. The molecule has 0 radical (unpaired) electrons. The molecule has 0 saturated heterocycles. The molecule has 6 nitrogen and oxygen atoms in total. The average Bonchev–Trinajstić information content (AvgIpc) is 3.28. The van der Waals surface area contributed by atoms with Crippen LogP contribution in [0.5, 0.6) is 0 Å². The van der Waals surface area contributed by atoms with Gasteiger partial charge in [0.1, 0.15) is 0 Å². The molecule has 3 aromatic carbocycles. The highest BCUT2D eigenvalue weighted by Gasteiger charge is 2.20. The lowest BCUT2D eigenvalue weighted by Crippen LogP contribution is -2.24. The molecule has 0 atom stereocenters. The zero-order valence-electron chi connectivity index (χ0n) is 15.3. The lowest BCUT2D eigenvalue weighted by Gasteiger charge is -2.06. The van der Waals surface area contributed by atoms with Crippen LogP contribution >= 0.6 is 22.7 Å². The molecule has 2 aromatic heterocycles. The van der Waals surface area contributed by atoms with Crippen LogP contribution in [0.25, 0.3) is 20.4 Å². The van der Waals surface area contributed by atoms with Gasteiger partial charge in [0, 0.05) is 11.1 Å². The Hall–Kier alpha value is -3.62. The maximum atomic E-state index is 13.1. The highest BCUT2D eigenvalue weighted by molar-refractivity contribution is 7.16. The summed E-state index contributed by atoms with van der Waals surface area (Å²) in [6, 6.07) is 20.2. The van der Waals surface area contributed by atoms with Gasteiger partial charge in [-0.15, -0.1) is 0 Å². The number of carbonyl (C=O) groups is 2. The molecule has 0 spiro atoms. The highest BCUT2D eigenvalue weighted by atomic mass is 32.1. The number of para-hydroxylation sites is 2. The summed E-state index contributed by atoms with van der Waals surface area (Å²) in [5, 5.41) is 0. The third kappa shape index (κ3) is 2.85. The summed E-state index contributed by atoms with van der Waals surface area (Å²) in [6.07, 6.45) is 0. The normalized spacial score (nSPS) is 11.2. The monoisotopic (exact) mass is 432 g/mol. The topological polar surface area (TPSA) is 78.1 Å². The standard InChI is InChI=1S/C22H12N2O4S2/c25-19(23-15-8-1-3-10-17(15)29-21(23)27)13-6-5-7-14(12-13)20(26)24-16-9-2-4-11-18(16)30-22(24)28/h1-12H. The lowest BCUT2D eigenvalue weighted by molar-refractivity contribution is 0.0962. The number of benzene rings is 3. The van der Waals surface area contributed by atoms with Crippen LogP contribution in [0.2, 0.25) is 0 Å². The van der Waals surface area contributed by atoms with Crippen molar-refractivity contribution in [2.75, 3.05) is 0 Å². The van der Waals surface area contributed by atoms with Crippen molar-refractivity contribution in [1.82, 2.24) is 9.13 Å². The molecule has 0 amide bonds. The van der Waals surface area contributed by atoms with Crippen LogP contribution in [-0.2, 0) is 0 Å². The SMILES string of the molecule is O=C(c1cccc(C(=O)n2c(=O)sc3ccccc32)c1)n1c(=O)sc2ccccc21. The van der Waals surface area contributed by atoms with Crippen LogP contribution in [0, 0.1) is 0 Å². The largest absolute Gasteiger partial charge is 0.315 e. The van der Waals surface area contributed by atoms with E-state index in [-0.39, 0.29) is 11.1 Å². The van der Waals surface area contributed by atoms with Crippen molar-refractivity contribution < 1.29 is 9.59 Å². The summed E-state index contributed by atoms with van der Waals surface area (Å²) in [4.78, 5) is 50.2. The smallest absolute Gasteiger partial charge is 0.268 e. The van der Waals surface area contributed by atoms with Crippen LogP contribution in [0.4, 0.5) is 0 Å². The summed E-state index contributed by atoms with van der Waals surface area (Å²) in [6.45, 7) is 0. The van der Waals surface area contributed by atoms with E-state index in [9.17, 15) is 19.2 Å². The minimum Gasteiger partial charge on any atom is -0.268 e. The minimum atomic E-state index is -0.519. The molecule has 0 fully saturated rings. The number of hydrogen-bond donors (Lipinski definition) is 0. The third-order valence-electron chi connectivity index (χ3n) is 4.73. The number of carbonyl (C=O) groups excluding carboxylic acids is 2. The molecule has 0 aliphatic carbocycles. The van der Waals surface area contributed by atoms with Crippen LogP contribution in [0.3, 0.4) is 0 Å². The molecule has 5 aromatic rings. The summed E-state index contributed by atoms with van der Waals surface area (Å²) < 4.78 is 3.63. The molecular weight excluding hydrogens is 420 g/mol. The van der Waals surface area contributed by atoms with Crippen molar-refractivity contribution in [2.45, 2.75) is 0 Å². The number of nitrogens with zero attached hydrogens (tertiary/aromatic N) is 2. The first-order valence-corrected chi connectivity index (χ1v) is 10.6. The molecule has 2 heterocycles. The van der Waals surface area contributed by atoms with Gasteiger partial charge in [-0.05, 0) is 42.5 Å². The molecule has 5 rings (SSSR count). The molecular formula is C22H12N2O4S2. The average molecular weight is 432 g/mol. The van der Waals surface area contributed by atoms with Gasteiger partial charge in [0.15, 0.2) is 0 Å². The zero-order valence-corrected chi connectivity index (χ0v) is 16.9. The van der Waals surface area contributed by atoms with Gasteiger partial charge in [0.2, 0.25) is 0 Å². The number of thiazole rings is 2. The Morgan fingerprint density at radius 3 is 1.50 bits per heavy atom. The Kier molecular flexibility index (Phi) is 4.30. The predicted octanol–water partition coefficient (Wildman–Crippen LogP) is 3.82. The third-order valence-corrected chi connectivity index (χ3v) is 6.58. The molecule has 0 aliphatic heterocycles. The summed E-state index contributed by atoms with van der Waals surface area (Å²) in [7, 11) is 0. The van der Waals surface area contributed by atoms with Crippen molar-refractivity contribution in [3.63, 3.8) is 0 Å². The van der Waals surface area contributed by atoms with Gasteiger partial charge in [-0.3, -0.25) is 19.2 Å². The van der Waals surface area contributed by atoms with Crippen LogP contribution in [-0.4, -0.2) is 20.9 Å². The van der Waals surface area contributed by atoms with Gasteiger partial charge in [0.05, 0.1) is 20.4 Å². The summed E-state index contributed by atoms with van der Waals surface area (Å²) in [5.41, 5.74) is 1.43. The van der Waals surface area contributed by atoms with Crippen LogP contribution in [0.1, 0.15) is 20.7 Å². The predicted molar refractivity (Wildman–Crippen MR) is 118 cm³/mol. The highest BCUT2D eigenvalue weighted by Crippen LogP contribution is 2.20. The van der Waals surface area contributed by atoms with E-state index in [4.69, 9.17) is 0 Å². The van der Waals surface area contributed by atoms with Gasteiger partial charge in [-0.25, -0.2) is 9.13 Å². The van der Waals surface area contributed by atoms with E-state index in [0.717, 1.165) is 31.8 Å². The molecule has 30 heavy (non-hydrogen) atoms. The molecule has 0 bridgehead atoms. The van der Waals surface area contributed by atoms with Gasteiger partial charge in [-0.2, -0.15) is 0 Å². The molecule has 8 heteroatoms. The van der Waals surface area contributed by atoms with Gasteiger partial charge >= 0.3 is 9.75 Å². The lowest BCUT2D eigenvalue weighted by atomic mass is 10.1. The van der Waals surface area contributed by atoms with Crippen molar-refractivity contribution in [2.24, 2.45) is 0 Å². The minimum absolute atomic E-state index is 0.194. The fraction of sp³-hybridized carbons (Fsp3) is 0. The maximum Gasteiger partial charge on any atom is 0.315 e. The Labute approximate surface area is 176 Å². The maximum absolute atomic E-state index is 13.1. The second kappa shape index (κ2) is 7.01. The molecule has 0 N–H and O–H groups in total. The first-order valence-electron chi connectivity index (χ1n) is 8.95. The zero-order chi connectivity index (χ0) is 20.8. The quantitative estimate of drug-likeness (QED) is 0.425. The Bertz CT molecular complexity index is 1470. The van der Waals surface area contributed by atoms with Crippen LogP contribution < -0.4 is 9.75 Å². The van der Waals surface area contributed by atoms with E-state index < -0.39 is 21.6 Å². The fourth-order valence-electron chi connectivity index (χ4n) is 3.36. The van der Waals surface area contributed by atoms with Gasteiger partial charge in [0.25, 0.3) is 11.8 Å². The molecule has 0 saturated carbocycles. The van der Waals surface area contributed by atoms with E-state index >= 15 is 0 Å². The van der Waals surface area contributed by atoms with E-state index in [2.05, 4.69) is 0 Å². The number of fused-ring (bicyclic) bond motifs is 2. The number of aromatic nitrogens is 2. The van der Waals surface area contributed by atoms with Gasteiger partial charge < -0.3 is 0 Å². The van der Waals surface area contributed by atoms with Crippen molar-refractivity contribution in [1.29, 1.82) is 0 Å². The molecule has 146 valence electrons. The van der Waals surface area contributed by atoms with Crippen molar-refractivity contribution in [3.05, 3.63) is 103 Å². The summed E-state index contributed by atoms with van der Waals surface area (Å²) >= 11 is 1.98. The molecule has 0 aliphatic rings. The summed E-state index contributed by atoms with van der Waals surface area (Å²) in [5.74, 6) is -1.04. The van der Waals surface area contributed by atoms with Crippen LogP contribution in [0.15, 0.2) is 82.4 Å². The first kappa shape index (κ1) is 18.4. The van der Waals surface area contributed by atoms with E-state index in [0.29, 0.717) is 20.4 Å². The first-order chi connectivity index (χ1) is 14.5. The molecule has 0 unspecified atom stereocenters. The second-order valence-electron chi connectivity index (χ2n) is 6.53. The van der Waals surface area contributed by atoms with Gasteiger partial charge in [-0.1, -0.05) is 53.0 Å². The second-order valence-corrected chi connectivity index (χ2v) is 8.52. The Morgan fingerprint density at radius 2 is 1.03 bits per heavy atom.